The van der Waals surface area contributed by atoms with E-state index in [1.54, 1.807) is 11.1 Å². The van der Waals surface area contributed by atoms with E-state index in [0.29, 0.717) is 32.8 Å². The highest BCUT2D eigenvalue weighted by atomic mass is 32.1. The van der Waals surface area contributed by atoms with E-state index in [1.807, 2.05) is 28.6 Å². The Balaban J connectivity index is 1.41. The average molecular weight is 530 g/mol. The molecule has 3 aliphatic rings. The third-order valence-electron chi connectivity index (χ3n) is 7.61. The minimum absolute atomic E-state index is 0.110. The number of furan rings is 1. The number of carbonyl (C=O) groups is 2. The molecule has 1 N–H and O–H groups in total. The maximum atomic E-state index is 14.1. The van der Waals surface area contributed by atoms with Crippen molar-refractivity contribution in [3.63, 3.8) is 0 Å². The zero-order valence-electron chi connectivity index (χ0n) is 21.8. The third kappa shape index (κ3) is 6.61. The van der Waals surface area contributed by atoms with Crippen LogP contribution < -0.4 is 5.32 Å². The van der Waals surface area contributed by atoms with Gasteiger partial charge in [0.05, 0.1) is 19.8 Å². The molecule has 9 nitrogen and oxygen atoms in total. The van der Waals surface area contributed by atoms with Crippen molar-refractivity contribution in [2.24, 2.45) is 0 Å². The Bertz CT molecular complexity index is 1010. The normalized spacial score (nSPS) is 21.5. The highest BCUT2D eigenvalue weighted by molar-refractivity contribution is 7.10. The van der Waals surface area contributed by atoms with Crippen LogP contribution in [0.25, 0.3) is 0 Å². The molecule has 0 radical (unpaired) electrons. The van der Waals surface area contributed by atoms with Crippen LogP contribution in [0.4, 0.5) is 0 Å². The van der Waals surface area contributed by atoms with Gasteiger partial charge in [0.25, 0.3) is 0 Å². The number of piperazine rings is 1. The van der Waals surface area contributed by atoms with Crippen molar-refractivity contribution in [1.29, 1.82) is 0 Å². The van der Waals surface area contributed by atoms with Crippen LogP contribution in [0.2, 0.25) is 0 Å². The quantitative estimate of drug-likeness (QED) is 0.563. The van der Waals surface area contributed by atoms with Crippen molar-refractivity contribution in [1.82, 2.24) is 25.1 Å². The smallest absolute Gasteiger partial charge is 0.304 e. The van der Waals surface area contributed by atoms with E-state index >= 15 is 0 Å². The third-order valence-corrected chi connectivity index (χ3v) is 8.53. The van der Waals surface area contributed by atoms with Crippen molar-refractivity contribution in [3.05, 3.63) is 46.0 Å². The first-order chi connectivity index (χ1) is 18.1. The van der Waals surface area contributed by atoms with E-state index in [0.717, 1.165) is 62.5 Å². The number of carbonyl (C=O) groups excluding carboxylic acids is 2. The predicted molar refractivity (Wildman–Crippen MR) is 142 cm³/mol. The second-order valence-corrected chi connectivity index (χ2v) is 11.3. The second kappa shape index (κ2) is 12.5. The Morgan fingerprint density at radius 3 is 2.51 bits per heavy atom. The summed E-state index contributed by atoms with van der Waals surface area (Å²) >= 11 is 1.51. The summed E-state index contributed by atoms with van der Waals surface area (Å²) in [6.07, 6.45) is 5.48. The zero-order chi connectivity index (χ0) is 25.6. The van der Waals surface area contributed by atoms with Crippen molar-refractivity contribution < 1.29 is 18.7 Å². The Kier molecular flexibility index (Phi) is 8.93. The molecule has 0 bridgehead atoms. The van der Waals surface area contributed by atoms with Gasteiger partial charge in [0, 0.05) is 50.2 Å². The maximum Gasteiger partial charge on any atom is 0.304 e. The lowest BCUT2D eigenvalue weighted by Gasteiger charge is -2.43. The van der Waals surface area contributed by atoms with Gasteiger partial charge in [0.15, 0.2) is 11.8 Å². The number of ether oxygens (including phenoxy) is 1. The van der Waals surface area contributed by atoms with Crippen LogP contribution in [-0.2, 0) is 16.1 Å². The molecule has 1 aliphatic carbocycles. The van der Waals surface area contributed by atoms with Gasteiger partial charge in [-0.3, -0.25) is 19.5 Å². The standard InChI is InChI=1S/C27H39N5O4S/c1-29-11-13-31(14-12-29)32(27(34)23-10-9-22(36-23)20-30-15-17-35-18-16-30)25(24-8-5-19-37-24)26(33)28-21-6-3-2-4-7-21/h5,8-10,19,21,25H,2-4,6-7,11-18,20H2,1H3,(H,28,33). The van der Waals surface area contributed by atoms with E-state index in [-0.39, 0.29) is 23.6 Å². The van der Waals surface area contributed by atoms with Gasteiger partial charge in [-0.1, -0.05) is 25.3 Å². The van der Waals surface area contributed by atoms with Crippen LogP contribution in [-0.4, -0.2) is 97.2 Å². The average Bonchev–Trinajstić information content (AvgIpc) is 3.61. The van der Waals surface area contributed by atoms with E-state index in [2.05, 4.69) is 22.2 Å². The Hall–Kier alpha value is -2.24. The Labute approximate surface area is 223 Å². The molecule has 2 aromatic heterocycles. The number of morpholine rings is 1. The molecule has 2 amide bonds. The number of amides is 2. The molecule has 1 atom stereocenters. The summed E-state index contributed by atoms with van der Waals surface area (Å²) in [7, 11) is 2.08. The monoisotopic (exact) mass is 529 g/mol. The summed E-state index contributed by atoms with van der Waals surface area (Å²) in [6, 6.07) is 6.97. The summed E-state index contributed by atoms with van der Waals surface area (Å²) < 4.78 is 11.5. The highest BCUT2D eigenvalue weighted by Gasteiger charge is 2.39. The Morgan fingerprint density at radius 1 is 1.05 bits per heavy atom. The number of nitrogens with zero attached hydrogens (tertiary/aromatic N) is 4. The first-order valence-electron chi connectivity index (χ1n) is 13.6. The SMILES string of the molecule is CN1CCN(N(C(=O)c2ccc(CN3CCOCC3)o2)C(C(=O)NC2CCCCC2)c2cccs2)CC1. The van der Waals surface area contributed by atoms with Crippen LogP contribution in [0.3, 0.4) is 0 Å². The molecule has 4 heterocycles. The molecule has 0 aromatic carbocycles. The second-order valence-electron chi connectivity index (χ2n) is 10.3. The van der Waals surface area contributed by atoms with Crippen molar-refractivity contribution >= 4 is 23.2 Å². The van der Waals surface area contributed by atoms with Crippen LogP contribution in [0.5, 0.6) is 0 Å². The van der Waals surface area contributed by atoms with E-state index in [4.69, 9.17) is 9.15 Å². The van der Waals surface area contributed by atoms with Gasteiger partial charge >= 0.3 is 5.91 Å². The molecule has 2 aliphatic heterocycles. The van der Waals surface area contributed by atoms with E-state index < -0.39 is 6.04 Å². The van der Waals surface area contributed by atoms with Crippen molar-refractivity contribution in [2.75, 3.05) is 59.5 Å². The van der Waals surface area contributed by atoms with E-state index in [9.17, 15) is 9.59 Å². The number of hydrazine groups is 1. The number of thiophene rings is 1. The summed E-state index contributed by atoms with van der Waals surface area (Å²) in [5.74, 6) is 0.647. The molecule has 5 rings (SSSR count). The highest BCUT2D eigenvalue weighted by Crippen LogP contribution is 2.31. The fourth-order valence-corrected chi connectivity index (χ4v) is 6.23. The summed E-state index contributed by atoms with van der Waals surface area (Å²) in [5.41, 5.74) is 0. The molecule has 3 fully saturated rings. The predicted octanol–water partition coefficient (Wildman–Crippen LogP) is 2.97. The van der Waals surface area contributed by atoms with Gasteiger partial charge in [-0.15, -0.1) is 11.3 Å². The fourth-order valence-electron chi connectivity index (χ4n) is 5.43. The number of likely N-dealkylation sites (N-methyl/N-ethyl adjacent to an activating group) is 1. The lowest BCUT2D eigenvalue weighted by Crippen LogP contribution is -2.58. The number of rotatable bonds is 8. The van der Waals surface area contributed by atoms with Gasteiger partial charge < -0.3 is 19.4 Å². The molecular weight excluding hydrogens is 490 g/mol. The summed E-state index contributed by atoms with van der Waals surface area (Å²) in [6.45, 7) is 6.74. The number of hydrogen-bond acceptors (Lipinski definition) is 8. The first kappa shape index (κ1) is 26.4. The molecule has 202 valence electrons. The van der Waals surface area contributed by atoms with Crippen LogP contribution >= 0.6 is 11.3 Å². The summed E-state index contributed by atoms with van der Waals surface area (Å²) in [5, 5.41) is 8.97. The Morgan fingerprint density at radius 2 is 1.81 bits per heavy atom. The van der Waals surface area contributed by atoms with Gasteiger partial charge in [0.1, 0.15) is 5.76 Å². The van der Waals surface area contributed by atoms with Gasteiger partial charge in [-0.25, -0.2) is 5.01 Å². The molecule has 2 aromatic rings. The van der Waals surface area contributed by atoms with Crippen molar-refractivity contribution in [2.45, 2.75) is 50.7 Å². The molecule has 0 spiro atoms. The molecule has 10 heteroatoms. The van der Waals surface area contributed by atoms with Gasteiger partial charge in [-0.05, 0) is 43.5 Å². The van der Waals surface area contributed by atoms with Crippen LogP contribution in [0.1, 0.15) is 59.3 Å². The molecule has 1 saturated carbocycles. The van der Waals surface area contributed by atoms with Gasteiger partial charge in [-0.2, -0.15) is 0 Å². The fraction of sp³-hybridized carbons (Fsp3) is 0.630. The van der Waals surface area contributed by atoms with Crippen molar-refractivity contribution in [3.8, 4) is 0 Å². The largest absolute Gasteiger partial charge is 0.454 e. The molecule has 1 unspecified atom stereocenters. The molecule has 37 heavy (non-hydrogen) atoms. The van der Waals surface area contributed by atoms with Gasteiger partial charge in [0.2, 0.25) is 5.91 Å². The molecular formula is C27H39N5O4S. The summed E-state index contributed by atoms with van der Waals surface area (Å²) in [4.78, 5) is 33.4. The first-order valence-corrected chi connectivity index (χ1v) is 14.5. The van der Waals surface area contributed by atoms with E-state index in [1.165, 1.54) is 17.8 Å². The number of nitrogens with one attached hydrogen (secondary N) is 1. The topological polar surface area (TPSA) is 81.5 Å². The van der Waals surface area contributed by atoms with Crippen LogP contribution in [0, 0.1) is 0 Å². The maximum absolute atomic E-state index is 14.1. The minimum Gasteiger partial charge on any atom is -0.454 e. The van der Waals surface area contributed by atoms with Crippen LogP contribution in [0.15, 0.2) is 34.1 Å². The molecule has 2 saturated heterocycles. The lowest BCUT2D eigenvalue weighted by molar-refractivity contribution is -0.135. The zero-order valence-corrected chi connectivity index (χ0v) is 22.6. The lowest BCUT2D eigenvalue weighted by atomic mass is 9.95. The minimum atomic E-state index is -0.731. The number of hydrogen-bond donors (Lipinski definition) is 1.